The van der Waals surface area contributed by atoms with Gasteiger partial charge >= 0.3 is 6.09 Å². The maximum absolute atomic E-state index is 14.1. The SMILES string of the molecule is CCCC(C)NC(=O)C(c1ccc(O)c(C)c1)N(C(=O)C(CCC(N)=O)NC(=O)OC(C)(C)C)C(C)CC. The van der Waals surface area contributed by atoms with Gasteiger partial charge in [-0.05, 0) is 84.1 Å². The van der Waals surface area contributed by atoms with Crippen LogP contribution in [-0.4, -0.2) is 57.5 Å². The normalized spacial score (nSPS) is 14.5. The molecular weight excluding hydrogens is 488 g/mol. The molecule has 10 heteroatoms. The lowest BCUT2D eigenvalue weighted by molar-refractivity contribution is -0.145. The van der Waals surface area contributed by atoms with Crippen LogP contribution in [0.15, 0.2) is 18.2 Å². The summed E-state index contributed by atoms with van der Waals surface area (Å²) < 4.78 is 5.35. The monoisotopic (exact) mass is 534 g/mol. The first-order valence-electron chi connectivity index (χ1n) is 13.3. The summed E-state index contributed by atoms with van der Waals surface area (Å²) in [6, 6.07) is 2.02. The highest BCUT2D eigenvalue weighted by molar-refractivity contribution is 5.92. The minimum absolute atomic E-state index is 0.0600. The molecule has 1 aromatic carbocycles. The lowest BCUT2D eigenvalue weighted by Crippen LogP contribution is -2.56. The Morgan fingerprint density at radius 2 is 1.71 bits per heavy atom. The number of alkyl carbamates (subject to hydrolysis) is 1. The van der Waals surface area contributed by atoms with Crippen LogP contribution in [0.1, 0.15) is 97.7 Å². The Morgan fingerprint density at radius 3 is 2.21 bits per heavy atom. The van der Waals surface area contributed by atoms with E-state index in [0.717, 1.165) is 12.8 Å². The third-order valence-corrected chi connectivity index (χ3v) is 6.16. The van der Waals surface area contributed by atoms with Crippen molar-refractivity contribution in [1.82, 2.24) is 15.5 Å². The number of nitrogens with one attached hydrogen (secondary N) is 2. The van der Waals surface area contributed by atoms with Crippen molar-refractivity contribution in [3.8, 4) is 5.75 Å². The van der Waals surface area contributed by atoms with Crippen LogP contribution >= 0.6 is 0 Å². The fraction of sp³-hybridized carbons (Fsp3) is 0.643. The zero-order chi connectivity index (χ0) is 29.2. The van der Waals surface area contributed by atoms with E-state index in [4.69, 9.17) is 10.5 Å². The molecular formula is C28H46N4O6. The second-order valence-corrected chi connectivity index (χ2v) is 10.9. The molecule has 214 valence electrons. The van der Waals surface area contributed by atoms with E-state index in [1.807, 2.05) is 27.7 Å². The van der Waals surface area contributed by atoms with Crippen LogP contribution in [0.25, 0.3) is 0 Å². The number of ether oxygens (including phenoxy) is 1. The van der Waals surface area contributed by atoms with Gasteiger partial charge < -0.3 is 31.1 Å². The number of aromatic hydroxyl groups is 1. The van der Waals surface area contributed by atoms with Gasteiger partial charge in [0, 0.05) is 18.5 Å². The van der Waals surface area contributed by atoms with Crippen LogP contribution in [0.2, 0.25) is 0 Å². The molecule has 5 N–H and O–H groups in total. The summed E-state index contributed by atoms with van der Waals surface area (Å²) in [6.07, 6.45) is 1.12. The van der Waals surface area contributed by atoms with Crippen molar-refractivity contribution in [3.63, 3.8) is 0 Å². The number of aryl methyl sites for hydroxylation is 1. The van der Waals surface area contributed by atoms with Crippen LogP contribution in [0.5, 0.6) is 5.75 Å². The Labute approximate surface area is 226 Å². The van der Waals surface area contributed by atoms with Crippen LogP contribution in [0, 0.1) is 6.92 Å². The van der Waals surface area contributed by atoms with Gasteiger partial charge in [-0.1, -0.05) is 26.3 Å². The molecule has 0 fully saturated rings. The summed E-state index contributed by atoms with van der Waals surface area (Å²) in [4.78, 5) is 53.5. The molecule has 4 unspecified atom stereocenters. The average molecular weight is 535 g/mol. The number of phenols is 1. The van der Waals surface area contributed by atoms with Gasteiger partial charge in [0.15, 0.2) is 0 Å². The van der Waals surface area contributed by atoms with Gasteiger partial charge in [0.25, 0.3) is 0 Å². The largest absolute Gasteiger partial charge is 0.508 e. The minimum Gasteiger partial charge on any atom is -0.508 e. The molecule has 0 heterocycles. The molecule has 0 radical (unpaired) electrons. The maximum Gasteiger partial charge on any atom is 0.408 e. The summed E-state index contributed by atoms with van der Waals surface area (Å²) in [5.74, 6) is -1.48. The number of nitrogens with two attached hydrogens (primary N) is 1. The fourth-order valence-electron chi connectivity index (χ4n) is 4.08. The van der Waals surface area contributed by atoms with Gasteiger partial charge in [0.1, 0.15) is 23.4 Å². The molecule has 4 amide bonds. The number of primary amides is 1. The number of benzene rings is 1. The van der Waals surface area contributed by atoms with Gasteiger partial charge in [0.05, 0.1) is 0 Å². The van der Waals surface area contributed by atoms with E-state index in [9.17, 15) is 24.3 Å². The highest BCUT2D eigenvalue weighted by Gasteiger charge is 2.39. The van der Waals surface area contributed by atoms with E-state index in [0.29, 0.717) is 17.5 Å². The van der Waals surface area contributed by atoms with Gasteiger partial charge in [-0.15, -0.1) is 0 Å². The number of phenolic OH excluding ortho intramolecular Hbond substituents is 1. The smallest absolute Gasteiger partial charge is 0.408 e. The molecule has 0 saturated heterocycles. The predicted molar refractivity (Wildman–Crippen MR) is 146 cm³/mol. The Hall–Kier alpha value is -3.30. The zero-order valence-electron chi connectivity index (χ0n) is 24.1. The summed E-state index contributed by atoms with van der Waals surface area (Å²) in [5, 5.41) is 15.7. The van der Waals surface area contributed by atoms with Crippen LogP contribution < -0.4 is 16.4 Å². The van der Waals surface area contributed by atoms with E-state index in [2.05, 4.69) is 10.6 Å². The van der Waals surface area contributed by atoms with Crippen LogP contribution in [0.4, 0.5) is 4.79 Å². The molecule has 10 nitrogen and oxygen atoms in total. The molecule has 1 aromatic rings. The fourth-order valence-corrected chi connectivity index (χ4v) is 4.08. The Bertz CT molecular complexity index is 975. The molecule has 1 rings (SSSR count). The first-order chi connectivity index (χ1) is 17.6. The van der Waals surface area contributed by atoms with Gasteiger partial charge in [-0.2, -0.15) is 0 Å². The van der Waals surface area contributed by atoms with Crippen molar-refractivity contribution in [3.05, 3.63) is 29.3 Å². The lowest BCUT2D eigenvalue weighted by atomic mass is 9.97. The number of rotatable bonds is 13. The van der Waals surface area contributed by atoms with Crippen molar-refractivity contribution in [2.24, 2.45) is 5.73 Å². The first-order valence-corrected chi connectivity index (χ1v) is 13.3. The number of nitrogens with zero attached hydrogens (tertiary/aromatic N) is 1. The summed E-state index contributed by atoms with van der Waals surface area (Å²) in [6.45, 7) is 14.4. The molecule has 0 aliphatic carbocycles. The molecule has 0 aliphatic heterocycles. The van der Waals surface area contributed by atoms with Crippen molar-refractivity contribution in [2.75, 3.05) is 0 Å². The highest BCUT2D eigenvalue weighted by atomic mass is 16.6. The van der Waals surface area contributed by atoms with Crippen molar-refractivity contribution >= 4 is 23.8 Å². The van der Waals surface area contributed by atoms with Crippen molar-refractivity contribution < 1.29 is 29.0 Å². The molecule has 4 atom stereocenters. The van der Waals surface area contributed by atoms with Crippen LogP contribution in [0.3, 0.4) is 0 Å². The second-order valence-electron chi connectivity index (χ2n) is 10.9. The molecule has 0 aliphatic rings. The first kappa shape index (κ1) is 32.7. The van der Waals surface area contributed by atoms with Crippen molar-refractivity contribution in [2.45, 2.75) is 117 Å². The summed E-state index contributed by atoms with van der Waals surface area (Å²) in [5.41, 5.74) is 5.61. The van der Waals surface area contributed by atoms with Gasteiger partial charge in [-0.3, -0.25) is 14.4 Å². The molecule has 38 heavy (non-hydrogen) atoms. The Balaban J connectivity index is 3.60. The second kappa shape index (κ2) is 14.6. The average Bonchev–Trinajstić information content (AvgIpc) is 2.79. The maximum atomic E-state index is 14.1. The Morgan fingerprint density at radius 1 is 1.08 bits per heavy atom. The molecule has 0 aromatic heterocycles. The number of carbonyl (C=O) groups is 4. The highest BCUT2D eigenvalue weighted by Crippen LogP contribution is 2.30. The van der Waals surface area contributed by atoms with E-state index < -0.39 is 41.6 Å². The molecule has 0 saturated carbocycles. The van der Waals surface area contributed by atoms with Crippen molar-refractivity contribution in [1.29, 1.82) is 0 Å². The van der Waals surface area contributed by atoms with Gasteiger partial charge in [-0.25, -0.2) is 4.79 Å². The standard InChI is InChI=1S/C28H46N4O6/c1-9-11-18(4)30-25(35)24(20-12-14-22(33)17(3)16-20)32(19(5)10-2)26(36)21(13-15-23(29)34)31-27(37)38-28(6,7)8/h12,14,16,18-19,21,24,33H,9-11,13,15H2,1-8H3,(H2,29,34)(H,30,35)(H,31,37). The van der Waals surface area contributed by atoms with E-state index in [-0.39, 0.29) is 30.5 Å². The van der Waals surface area contributed by atoms with E-state index >= 15 is 0 Å². The van der Waals surface area contributed by atoms with E-state index in [1.165, 1.54) is 11.0 Å². The molecule has 0 spiro atoms. The summed E-state index contributed by atoms with van der Waals surface area (Å²) >= 11 is 0. The molecule has 0 bridgehead atoms. The number of amides is 4. The topological polar surface area (TPSA) is 151 Å². The third-order valence-electron chi connectivity index (χ3n) is 6.16. The van der Waals surface area contributed by atoms with E-state index in [1.54, 1.807) is 39.8 Å². The zero-order valence-corrected chi connectivity index (χ0v) is 24.1. The Kier molecular flexibility index (Phi) is 12.6. The number of carbonyl (C=O) groups excluding carboxylic acids is 4. The predicted octanol–water partition coefficient (Wildman–Crippen LogP) is 3.83. The van der Waals surface area contributed by atoms with Crippen LogP contribution in [-0.2, 0) is 19.1 Å². The minimum atomic E-state index is -1.16. The third kappa shape index (κ3) is 10.2. The lowest BCUT2D eigenvalue weighted by Gasteiger charge is -2.38. The quantitative estimate of drug-likeness (QED) is 0.302. The summed E-state index contributed by atoms with van der Waals surface area (Å²) in [7, 11) is 0. The number of hydrogen-bond acceptors (Lipinski definition) is 6. The number of hydrogen-bond donors (Lipinski definition) is 4. The van der Waals surface area contributed by atoms with Gasteiger partial charge in [0.2, 0.25) is 17.7 Å².